The van der Waals surface area contributed by atoms with Crippen molar-refractivity contribution < 1.29 is 13.9 Å². The third-order valence-corrected chi connectivity index (χ3v) is 3.83. The molecule has 1 saturated heterocycles. The van der Waals surface area contributed by atoms with Gasteiger partial charge in [0.05, 0.1) is 5.69 Å². The zero-order valence-electron chi connectivity index (χ0n) is 10.6. The second-order valence-electron chi connectivity index (χ2n) is 4.54. The molecule has 1 aliphatic heterocycles. The van der Waals surface area contributed by atoms with Crippen molar-refractivity contribution in [1.29, 1.82) is 0 Å². The number of nitrogens with one attached hydrogen (secondary N) is 1. The van der Waals surface area contributed by atoms with E-state index in [9.17, 15) is 9.18 Å². The van der Waals surface area contributed by atoms with Crippen LogP contribution in [0, 0.1) is 5.82 Å². The number of anilines is 1. The molecule has 4 nitrogen and oxygen atoms in total. The number of halogens is 1. The van der Waals surface area contributed by atoms with Crippen LogP contribution in [0.1, 0.15) is 12.8 Å². The standard InChI is InChI=1S/C14H13FN2O2S/c15-10-4-1-3-9(7-10)11-8-20-14(16-11)17-13(18)12-5-2-6-19-12/h1,3-4,7-8,12H,2,5-6H2,(H,16,17,18). The Balaban J connectivity index is 1.72. The van der Waals surface area contributed by atoms with Crippen molar-refractivity contribution in [2.45, 2.75) is 18.9 Å². The summed E-state index contributed by atoms with van der Waals surface area (Å²) in [5.74, 6) is -0.469. The van der Waals surface area contributed by atoms with Crippen LogP contribution >= 0.6 is 11.3 Å². The van der Waals surface area contributed by atoms with Gasteiger partial charge < -0.3 is 4.74 Å². The van der Waals surface area contributed by atoms with Crippen LogP contribution in [0.25, 0.3) is 11.3 Å². The van der Waals surface area contributed by atoms with Gasteiger partial charge in [-0.05, 0) is 25.0 Å². The Bertz CT molecular complexity index is 623. The van der Waals surface area contributed by atoms with E-state index >= 15 is 0 Å². The van der Waals surface area contributed by atoms with E-state index in [1.165, 1.54) is 23.5 Å². The number of benzene rings is 1. The molecule has 1 aromatic carbocycles. The number of ether oxygens (including phenoxy) is 1. The van der Waals surface area contributed by atoms with E-state index in [1.807, 2.05) is 0 Å². The Hall–Kier alpha value is -1.79. The molecule has 0 spiro atoms. The van der Waals surface area contributed by atoms with Crippen molar-refractivity contribution in [2.75, 3.05) is 11.9 Å². The van der Waals surface area contributed by atoms with Crippen LogP contribution in [0.15, 0.2) is 29.6 Å². The van der Waals surface area contributed by atoms with Gasteiger partial charge in [0.25, 0.3) is 5.91 Å². The van der Waals surface area contributed by atoms with Gasteiger partial charge >= 0.3 is 0 Å². The van der Waals surface area contributed by atoms with Crippen LogP contribution < -0.4 is 5.32 Å². The first kappa shape index (κ1) is 13.2. The van der Waals surface area contributed by atoms with E-state index in [0.29, 0.717) is 23.0 Å². The molecule has 0 aliphatic carbocycles. The summed E-state index contributed by atoms with van der Waals surface area (Å²) in [6.07, 6.45) is 1.27. The zero-order chi connectivity index (χ0) is 13.9. The van der Waals surface area contributed by atoms with E-state index in [2.05, 4.69) is 10.3 Å². The van der Waals surface area contributed by atoms with Gasteiger partial charge in [-0.25, -0.2) is 9.37 Å². The van der Waals surface area contributed by atoms with E-state index in [0.717, 1.165) is 12.8 Å². The topological polar surface area (TPSA) is 51.2 Å². The molecule has 0 bridgehead atoms. The maximum absolute atomic E-state index is 13.2. The number of rotatable bonds is 3. The van der Waals surface area contributed by atoms with Crippen molar-refractivity contribution in [3.05, 3.63) is 35.5 Å². The maximum Gasteiger partial charge on any atom is 0.255 e. The third kappa shape index (κ3) is 2.86. The van der Waals surface area contributed by atoms with Crippen molar-refractivity contribution in [3.63, 3.8) is 0 Å². The third-order valence-electron chi connectivity index (χ3n) is 3.08. The predicted molar refractivity (Wildman–Crippen MR) is 75.1 cm³/mol. The first-order valence-corrected chi connectivity index (χ1v) is 7.24. The van der Waals surface area contributed by atoms with E-state index in [-0.39, 0.29) is 17.8 Å². The van der Waals surface area contributed by atoms with Crippen LogP contribution in [0.2, 0.25) is 0 Å². The Morgan fingerprint density at radius 2 is 2.40 bits per heavy atom. The number of aromatic nitrogens is 1. The SMILES string of the molecule is O=C(Nc1nc(-c2cccc(F)c2)cs1)C1CCCO1. The molecule has 1 unspecified atom stereocenters. The molecule has 20 heavy (non-hydrogen) atoms. The minimum atomic E-state index is -0.378. The second-order valence-corrected chi connectivity index (χ2v) is 5.40. The predicted octanol–water partition coefficient (Wildman–Crippen LogP) is 3.07. The summed E-state index contributed by atoms with van der Waals surface area (Å²) in [6, 6.07) is 6.22. The molecule has 6 heteroatoms. The molecule has 3 rings (SSSR count). The molecule has 2 aromatic rings. The summed E-state index contributed by atoms with van der Waals surface area (Å²) in [5, 5.41) is 5.03. The Labute approximate surface area is 119 Å². The van der Waals surface area contributed by atoms with E-state index < -0.39 is 0 Å². The number of carbonyl (C=O) groups excluding carboxylic acids is 1. The molecule has 1 aromatic heterocycles. The van der Waals surface area contributed by atoms with Crippen LogP contribution in [-0.4, -0.2) is 23.6 Å². The van der Waals surface area contributed by atoms with Crippen LogP contribution in [-0.2, 0) is 9.53 Å². The molecular weight excluding hydrogens is 279 g/mol. The molecule has 1 aliphatic rings. The number of carbonyl (C=O) groups is 1. The average Bonchev–Trinajstić information content (AvgIpc) is 3.10. The fourth-order valence-electron chi connectivity index (χ4n) is 2.08. The van der Waals surface area contributed by atoms with Crippen LogP contribution in [0.5, 0.6) is 0 Å². The number of nitrogens with zero attached hydrogens (tertiary/aromatic N) is 1. The monoisotopic (exact) mass is 292 g/mol. The van der Waals surface area contributed by atoms with E-state index in [4.69, 9.17) is 4.74 Å². The maximum atomic E-state index is 13.2. The fourth-order valence-corrected chi connectivity index (χ4v) is 2.80. The lowest BCUT2D eigenvalue weighted by molar-refractivity contribution is -0.124. The summed E-state index contributed by atoms with van der Waals surface area (Å²) >= 11 is 1.32. The van der Waals surface area contributed by atoms with Gasteiger partial charge in [-0.1, -0.05) is 12.1 Å². The Kier molecular flexibility index (Phi) is 3.75. The summed E-state index contributed by atoms with van der Waals surface area (Å²) in [5.41, 5.74) is 1.34. The highest BCUT2D eigenvalue weighted by Crippen LogP contribution is 2.26. The molecule has 1 atom stereocenters. The molecule has 0 radical (unpaired) electrons. The van der Waals surface area contributed by atoms with Crippen molar-refractivity contribution in [1.82, 2.24) is 4.98 Å². The molecule has 1 amide bonds. The highest BCUT2D eigenvalue weighted by atomic mass is 32.1. The van der Waals surface area contributed by atoms with Gasteiger partial charge in [-0.2, -0.15) is 0 Å². The molecular formula is C14H13FN2O2S. The molecule has 2 heterocycles. The largest absolute Gasteiger partial charge is 0.368 e. The van der Waals surface area contributed by atoms with Crippen LogP contribution in [0.4, 0.5) is 9.52 Å². The number of amides is 1. The smallest absolute Gasteiger partial charge is 0.255 e. The molecule has 104 valence electrons. The highest BCUT2D eigenvalue weighted by molar-refractivity contribution is 7.14. The lowest BCUT2D eigenvalue weighted by Gasteiger charge is -2.07. The normalized spacial score (nSPS) is 18.1. The average molecular weight is 292 g/mol. The van der Waals surface area contributed by atoms with Gasteiger partial charge in [0.2, 0.25) is 0 Å². The van der Waals surface area contributed by atoms with E-state index in [1.54, 1.807) is 17.5 Å². The second kappa shape index (κ2) is 5.68. The zero-order valence-corrected chi connectivity index (χ0v) is 11.5. The summed E-state index contributed by atoms with van der Waals surface area (Å²) in [4.78, 5) is 16.2. The molecule has 0 saturated carbocycles. The number of thiazole rings is 1. The first-order valence-electron chi connectivity index (χ1n) is 6.36. The molecule has 1 fully saturated rings. The minimum Gasteiger partial charge on any atom is -0.368 e. The van der Waals surface area contributed by atoms with Crippen molar-refractivity contribution in [2.24, 2.45) is 0 Å². The Morgan fingerprint density at radius 3 is 3.15 bits per heavy atom. The first-order chi connectivity index (χ1) is 9.72. The van der Waals surface area contributed by atoms with Crippen molar-refractivity contribution >= 4 is 22.4 Å². The minimum absolute atomic E-state index is 0.164. The summed E-state index contributed by atoms with van der Waals surface area (Å²) in [7, 11) is 0. The van der Waals surface area contributed by atoms with Crippen LogP contribution in [0.3, 0.4) is 0 Å². The van der Waals surface area contributed by atoms with Gasteiger partial charge in [0.1, 0.15) is 11.9 Å². The Morgan fingerprint density at radius 1 is 1.50 bits per heavy atom. The summed E-state index contributed by atoms with van der Waals surface area (Å²) < 4.78 is 18.5. The highest BCUT2D eigenvalue weighted by Gasteiger charge is 2.24. The van der Waals surface area contributed by atoms with Gasteiger partial charge in [-0.15, -0.1) is 11.3 Å². The fraction of sp³-hybridized carbons (Fsp3) is 0.286. The van der Waals surface area contributed by atoms with Gasteiger partial charge in [-0.3, -0.25) is 10.1 Å². The molecule has 1 N–H and O–H groups in total. The van der Waals surface area contributed by atoms with Crippen molar-refractivity contribution in [3.8, 4) is 11.3 Å². The summed E-state index contributed by atoms with van der Waals surface area (Å²) in [6.45, 7) is 0.629. The lowest BCUT2D eigenvalue weighted by Crippen LogP contribution is -2.26. The van der Waals surface area contributed by atoms with Gasteiger partial charge in [0.15, 0.2) is 5.13 Å². The quantitative estimate of drug-likeness (QED) is 0.946. The van der Waals surface area contributed by atoms with Gasteiger partial charge in [0, 0.05) is 17.6 Å². The lowest BCUT2D eigenvalue weighted by atomic mass is 10.2. The number of hydrogen-bond donors (Lipinski definition) is 1. The number of hydrogen-bond acceptors (Lipinski definition) is 4.